The number of carboxylic acid groups (broad SMARTS) is 1. The Morgan fingerprint density at radius 1 is 1.00 bits per heavy atom. The van der Waals surface area contributed by atoms with Gasteiger partial charge in [0.1, 0.15) is 0 Å². The fourth-order valence-electron chi connectivity index (χ4n) is 2.12. The summed E-state index contributed by atoms with van der Waals surface area (Å²) in [6.45, 7) is 5.65. The summed E-state index contributed by atoms with van der Waals surface area (Å²) in [4.78, 5) is 23.7. The highest BCUT2D eigenvalue weighted by molar-refractivity contribution is 6.14. The first-order chi connectivity index (χ1) is 9.29. The second-order valence-electron chi connectivity index (χ2n) is 5.72. The molecule has 4 heteroatoms. The monoisotopic (exact) mass is 271 g/mol. The summed E-state index contributed by atoms with van der Waals surface area (Å²) in [5.41, 5.74) is 0.148. The number of benzene rings is 2. The zero-order valence-corrected chi connectivity index (χ0v) is 11.7. The van der Waals surface area contributed by atoms with Gasteiger partial charge >= 0.3 is 5.97 Å². The molecule has 0 bridgehead atoms. The van der Waals surface area contributed by atoms with Crippen LogP contribution in [0.3, 0.4) is 0 Å². The molecule has 0 atom stereocenters. The Balaban J connectivity index is 2.65. The number of amides is 1. The fraction of sp³-hybridized carbons (Fsp3) is 0.250. The molecule has 0 heterocycles. The number of hydrogen-bond acceptors (Lipinski definition) is 2. The highest BCUT2D eigenvalue weighted by Crippen LogP contribution is 2.23. The summed E-state index contributed by atoms with van der Waals surface area (Å²) in [7, 11) is 0. The van der Waals surface area contributed by atoms with Gasteiger partial charge in [0.05, 0.1) is 5.56 Å². The van der Waals surface area contributed by atoms with Crippen molar-refractivity contribution in [2.45, 2.75) is 26.3 Å². The Hall–Kier alpha value is -2.36. The van der Waals surface area contributed by atoms with Gasteiger partial charge in [-0.25, -0.2) is 4.79 Å². The van der Waals surface area contributed by atoms with Gasteiger partial charge in [0.25, 0.3) is 5.91 Å². The number of fused-ring (bicyclic) bond motifs is 1. The van der Waals surface area contributed by atoms with E-state index in [-0.39, 0.29) is 17.0 Å². The fourth-order valence-corrected chi connectivity index (χ4v) is 2.12. The Bertz CT molecular complexity index is 678. The molecule has 4 nitrogen and oxygen atoms in total. The minimum absolute atomic E-state index is 0.141. The Labute approximate surface area is 117 Å². The third-order valence-electron chi connectivity index (χ3n) is 2.87. The Kier molecular flexibility index (Phi) is 3.49. The zero-order chi connectivity index (χ0) is 14.9. The zero-order valence-electron chi connectivity index (χ0n) is 11.7. The van der Waals surface area contributed by atoms with E-state index in [1.807, 2.05) is 20.8 Å². The number of carbonyl (C=O) groups is 2. The lowest BCUT2D eigenvalue weighted by atomic mass is 9.98. The molecule has 0 unspecified atom stereocenters. The summed E-state index contributed by atoms with van der Waals surface area (Å²) in [6.07, 6.45) is 0. The molecule has 0 saturated carbocycles. The predicted molar refractivity (Wildman–Crippen MR) is 78.1 cm³/mol. The molecular formula is C16H17NO3. The van der Waals surface area contributed by atoms with Crippen LogP contribution in [-0.2, 0) is 0 Å². The quantitative estimate of drug-likeness (QED) is 0.882. The molecule has 0 aliphatic heterocycles. The molecule has 2 rings (SSSR count). The molecule has 2 N–H and O–H groups in total. The Morgan fingerprint density at radius 2 is 1.55 bits per heavy atom. The molecule has 0 fully saturated rings. The van der Waals surface area contributed by atoms with Gasteiger partial charge in [0, 0.05) is 16.5 Å². The van der Waals surface area contributed by atoms with Crippen LogP contribution in [0.2, 0.25) is 0 Å². The summed E-state index contributed by atoms with van der Waals surface area (Å²) in [5.74, 6) is -1.30. The first kappa shape index (κ1) is 14.1. The van der Waals surface area contributed by atoms with E-state index in [0.717, 1.165) is 5.39 Å². The predicted octanol–water partition coefficient (Wildman–Crippen LogP) is 3.07. The van der Waals surface area contributed by atoms with Gasteiger partial charge in [-0.1, -0.05) is 24.3 Å². The summed E-state index contributed by atoms with van der Waals surface area (Å²) < 4.78 is 0. The molecule has 20 heavy (non-hydrogen) atoms. The van der Waals surface area contributed by atoms with E-state index in [2.05, 4.69) is 5.32 Å². The molecule has 0 radical (unpaired) electrons. The number of carboxylic acids is 1. The lowest BCUT2D eigenvalue weighted by Gasteiger charge is -2.21. The standard InChI is InChI=1S/C16H17NO3/c1-16(2,3)17-14(18)11-8-4-6-10-7-5-9-12(13(10)11)15(19)20/h4-9H,1-3H3,(H,17,18)(H,19,20). The highest BCUT2D eigenvalue weighted by atomic mass is 16.4. The molecule has 0 saturated heterocycles. The topological polar surface area (TPSA) is 66.4 Å². The van der Waals surface area contributed by atoms with E-state index in [9.17, 15) is 14.7 Å². The summed E-state index contributed by atoms with van der Waals surface area (Å²) in [6, 6.07) is 10.2. The largest absolute Gasteiger partial charge is 0.478 e. The van der Waals surface area contributed by atoms with Crippen LogP contribution in [0.15, 0.2) is 36.4 Å². The van der Waals surface area contributed by atoms with E-state index < -0.39 is 5.97 Å². The molecule has 0 aliphatic carbocycles. The summed E-state index contributed by atoms with van der Waals surface area (Å²) >= 11 is 0. The molecule has 2 aromatic rings. The first-order valence-corrected chi connectivity index (χ1v) is 6.37. The van der Waals surface area contributed by atoms with Crippen LogP contribution in [0.5, 0.6) is 0 Å². The number of aromatic carboxylic acids is 1. The van der Waals surface area contributed by atoms with Gasteiger partial charge in [-0.05, 0) is 38.3 Å². The number of hydrogen-bond donors (Lipinski definition) is 2. The van der Waals surface area contributed by atoms with Gasteiger partial charge in [-0.3, -0.25) is 4.79 Å². The first-order valence-electron chi connectivity index (χ1n) is 6.37. The van der Waals surface area contributed by atoms with Gasteiger partial charge in [-0.15, -0.1) is 0 Å². The third kappa shape index (κ3) is 2.79. The number of rotatable bonds is 2. The average molecular weight is 271 g/mol. The van der Waals surface area contributed by atoms with Crippen LogP contribution < -0.4 is 5.32 Å². The highest BCUT2D eigenvalue weighted by Gasteiger charge is 2.20. The molecule has 0 aliphatic rings. The van der Waals surface area contributed by atoms with Gasteiger partial charge in [0.2, 0.25) is 0 Å². The molecule has 2 aromatic carbocycles. The van der Waals surface area contributed by atoms with Crippen LogP contribution in [0.1, 0.15) is 41.5 Å². The third-order valence-corrected chi connectivity index (χ3v) is 2.87. The maximum absolute atomic E-state index is 12.3. The van der Waals surface area contributed by atoms with Crippen molar-refractivity contribution in [3.8, 4) is 0 Å². The molecule has 0 spiro atoms. The molecule has 1 amide bonds. The van der Waals surface area contributed by atoms with E-state index in [1.54, 1.807) is 30.3 Å². The Morgan fingerprint density at radius 3 is 2.05 bits per heavy atom. The van der Waals surface area contributed by atoms with Crippen LogP contribution in [0.25, 0.3) is 10.8 Å². The maximum Gasteiger partial charge on any atom is 0.336 e. The van der Waals surface area contributed by atoms with Crippen LogP contribution >= 0.6 is 0 Å². The van der Waals surface area contributed by atoms with Gasteiger partial charge in [-0.2, -0.15) is 0 Å². The normalized spacial score (nSPS) is 11.3. The van der Waals surface area contributed by atoms with Crippen molar-refractivity contribution in [2.75, 3.05) is 0 Å². The maximum atomic E-state index is 12.3. The van der Waals surface area contributed by atoms with Crippen molar-refractivity contribution in [1.29, 1.82) is 0 Å². The second kappa shape index (κ2) is 4.96. The molecule has 104 valence electrons. The van der Waals surface area contributed by atoms with Crippen LogP contribution in [0.4, 0.5) is 0 Å². The number of nitrogens with one attached hydrogen (secondary N) is 1. The molecule has 0 aromatic heterocycles. The van der Waals surface area contributed by atoms with Crippen molar-refractivity contribution in [1.82, 2.24) is 5.32 Å². The van der Waals surface area contributed by atoms with Crippen molar-refractivity contribution in [3.05, 3.63) is 47.5 Å². The minimum atomic E-state index is -1.04. The van der Waals surface area contributed by atoms with Crippen LogP contribution in [0, 0.1) is 0 Å². The van der Waals surface area contributed by atoms with Crippen LogP contribution in [-0.4, -0.2) is 22.5 Å². The van der Waals surface area contributed by atoms with Crippen molar-refractivity contribution >= 4 is 22.6 Å². The van der Waals surface area contributed by atoms with Crippen molar-refractivity contribution in [2.24, 2.45) is 0 Å². The minimum Gasteiger partial charge on any atom is -0.478 e. The lowest BCUT2D eigenvalue weighted by Crippen LogP contribution is -2.40. The average Bonchev–Trinajstić information content (AvgIpc) is 2.35. The van der Waals surface area contributed by atoms with E-state index in [0.29, 0.717) is 10.9 Å². The van der Waals surface area contributed by atoms with Crippen molar-refractivity contribution in [3.63, 3.8) is 0 Å². The number of carbonyl (C=O) groups excluding carboxylic acids is 1. The SMILES string of the molecule is CC(C)(C)NC(=O)c1cccc2cccc(C(=O)O)c12. The van der Waals surface area contributed by atoms with Gasteiger partial charge < -0.3 is 10.4 Å². The second-order valence-corrected chi connectivity index (χ2v) is 5.72. The molecular weight excluding hydrogens is 254 g/mol. The van der Waals surface area contributed by atoms with E-state index >= 15 is 0 Å². The smallest absolute Gasteiger partial charge is 0.336 e. The van der Waals surface area contributed by atoms with Crippen molar-refractivity contribution < 1.29 is 14.7 Å². The van der Waals surface area contributed by atoms with E-state index in [1.165, 1.54) is 6.07 Å². The summed E-state index contributed by atoms with van der Waals surface area (Å²) in [5, 5.41) is 13.4. The lowest BCUT2D eigenvalue weighted by molar-refractivity contribution is 0.0699. The van der Waals surface area contributed by atoms with Gasteiger partial charge in [0.15, 0.2) is 0 Å². The van der Waals surface area contributed by atoms with E-state index in [4.69, 9.17) is 0 Å².